The summed E-state index contributed by atoms with van der Waals surface area (Å²) in [5, 5.41) is 2.20. The molecule has 0 spiro atoms. The number of pyridine rings is 1. The van der Waals surface area contributed by atoms with E-state index >= 15 is 0 Å². The molecule has 4 heterocycles. The average Bonchev–Trinajstić information content (AvgIpc) is 3.77. The number of fused-ring (bicyclic) bond motifs is 20. The maximum absolute atomic E-state index is 6.54. The largest absolute Gasteiger partial charge is 0.510 e. The summed E-state index contributed by atoms with van der Waals surface area (Å²) in [7, 11) is 0. The van der Waals surface area contributed by atoms with Gasteiger partial charge in [-0.05, 0) is 51.5 Å². The third kappa shape index (κ3) is 5.04. The molecule has 1 aliphatic heterocycles. The quantitative estimate of drug-likeness (QED) is 0.122. The Morgan fingerprint density at radius 1 is 0.519 bits per heavy atom. The van der Waals surface area contributed by atoms with Crippen LogP contribution < -0.4 is 9.30 Å². The van der Waals surface area contributed by atoms with Gasteiger partial charge in [-0.3, -0.25) is 4.57 Å². The molecule has 0 saturated carbocycles. The monoisotopic (exact) mass is 871 g/mol. The molecule has 7 aromatic carbocycles. The fourth-order valence-corrected chi connectivity index (χ4v) is 7.81. The summed E-state index contributed by atoms with van der Waals surface area (Å²) in [5.41, 5.74) is 12.0. The van der Waals surface area contributed by atoms with E-state index in [1.165, 1.54) is 0 Å². The fraction of sp³-hybridized carbons (Fsp3) is 0. The first-order valence-electron chi connectivity index (χ1n) is 17.7. The van der Waals surface area contributed by atoms with Gasteiger partial charge in [0.05, 0.1) is 22.4 Å². The molecule has 1 aliphatic rings. The first kappa shape index (κ1) is 32.1. The van der Waals surface area contributed by atoms with Crippen LogP contribution in [-0.4, -0.2) is 14.1 Å². The number of para-hydroxylation sites is 4. The van der Waals surface area contributed by atoms with Crippen LogP contribution in [0.15, 0.2) is 170 Å². The third-order valence-electron chi connectivity index (χ3n) is 10.1. The normalized spacial score (nSPS) is 11.7. The summed E-state index contributed by atoms with van der Waals surface area (Å²) in [5.74, 6) is 1.98. The summed E-state index contributed by atoms with van der Waals surface area (Å²) in [6.07, 6.45) is 3.76. The standard InChI is InChI=1S/C48H28N4O.Pt/c1-2-13-32(14-3-1)36-20-11-21-41-37-17-4-5-18-38(37)42-22-12-26-47(49-42)52-43-23-7-6-19-39(43)40-28-27-35(30-46(40)52)53-34-16-10-15-33(29-34)50-31-51(48(36)41)45-25-9-8-24-44(45)50;/h1-28H;/q-2;. The maximum atomic E-state index is 6.54. The van der Waals surface area contributed by atoms with Gasteiger partial charge in [0.1, 0.15) is 5.82 Å². The SMILES string of the molecule is [Pt].[c-]1c2cccc1-n1[c-][n+](c3ccccc31)-c1c(-c3ccccc3)cccc1-c1ccccc1-c1cccc(n1)-n1c3[c-]c(ccc3c3ccccc31)O2. The van der Waals surface area contributed by atoms with Crippen LogP contribution in [0.4, 0.5) is 0 Å². The van der Waals surface area contributed by atoms with E-state index in [9.17, 15) is 0 Å². The Bertz CT molecular complexity index is 3050. The Labute approximate surface area is 326 Å². The van der Waals surface area contributed by atoms with E-state index in [1.54, 1.807) is 0 Å². The van der Waals surface area contributed by atoms with E-state index in [0.29, 0.717) is 11.5 Å². The molecule has 0 saturated heterocycles. The van der Waals surface area contributed by atoms with Crippen molar-refractivity contribution in [1.82, 2.24) is 14.1 Å². The van der Waals surface area contributed by atoms with Crippen molar-refractivity contribution in [2.45, 2.75) is 0 Å². The van der Waals surface area contributed by atoms with Gasteiger partial charge in [0, 0.05) is 43.6 Å². The molecule has 258 valence electrons. The second kappa shape index (κ2) is 12.8. The van der Waals surface area contributed by atoms with Gasteiger partial charge in [0.2, 0.25) is 0 Å². The summed E-state index contributed by atoms with van der Waals surface area (Å²) < 4.78 is 13.0. The van der Waals surface area contributed by atoms with Gasteiger partial charge in [-0.15, -0.1) is 29.7 Å². The molecular weight excluding hydrogens is 844 g/mol. The number of imidazole rings is 1. The van der Waals surface area contributed by atoms with Crippen LogP contribution in [0, 0.1) is 18.5 Å². The van der Waals surface area contributed by atoms with Crippen molar-refractivity contribution in [3.05, 3.63) is 188 Å². The number of rotatable bonds is 1. The molecule has 5 nitrogen and oxygen atoms in total. The predicted molar refractivity (Wildman–Crippen MR) is 210 cm³/mol. The van der Waals surface area contributed by atoms with Crippen molar-refractivity contribution >= 4 is 32.8 Å². The van der Waals surface area contributed by atoms with Crippen LogP contribution in [0.2, 0.25) is 0 Å². The van der Waals surface area contributed by atoms with E-state index in [-0.39, 0.29) is 21.1 Å². The molecule has 0 unspecified atom stereocenters. The molecule has 11 rings (SSSR count). The first-order chi connectivity index (χ1) is 26.3. The zero-order valence-electron chi connectivity index (χ0n) is 28.7. The molecule has 0 radical (unpaired) electrons. The number of aromatic nitrogens is 4. The predicted octanol–water partition coefficient (Wildman–Crippen LogP) is 10.9. The summed E-state index contributed by atoms with van der Waals surface area (Å²) in [6, 6.07) is 66.0. The fourth-order valence-electron chi connectivity index (χ4n) is 7.81. The van der Waals surface area contributed by atoms with Gasteiger partial charge >= 0.3 is 0 Å². The molecule has 0 atom stereocenters. The molecule has 8 bridgehead atoms. The van der Waals surface area contributed by atoms with E-state index < -0.39 is 0 Å². The van der Waals surface area contributed by atoms with Crippen molar-refractivity contribution in [3.63, 3.8) is 0 Å². The Hall–Kier alpha value is -6.55. The molecule has 3 aromatic heterocycles. The van der Waals surface area contributed by atoms with Crippen molar-refractivity contribution < 1.29 is 30.4 Å². The van der Waals surface area contributed by atoms with Gasteiger partial charge < -0.3 is 13.9 Å². The number of ether oxygens (including phenoxy) is 1. The van der Waals surface area contributed by atoms with Crippen LogP contribution in [0.1, 0.15) is 0 Å². The topological polar surface area (TPSA) is 35.9 Å². The van der Waals surface area contributed by atoms with Gasteiger partial charge in [-0.25, -0.2) is 4.98 Å². The Balaban J connectivity index is 0.00000361. The molecule has 0 amide bonds. The smallest absolute Gasteiger partial charge is 0.268 e. The molecule has 10 aromatic rings. The van der Waals surface area contributed by atoms with Crippen LogP contribution in [0.3, 0.4) is 0 Å². The van der Waals surface area contributed by atoms with Gasteiger partial charge in [-0.1, -0.05) is 127 Å². The number of nitrogens with zero attached hydrogens (tertiary/aromatic N) is 4. The van der Waals surface area contributed by atoms with E-state index in [1.807, 2.05) is 24.3 Å². The average molecular weight is 872 g/mol. The van der Waals surface area contributed by atoms with E-state index in [0.717, 1.165) is 83.5 Å². The Morgan fingerprint density at radius 3 is 2.13 bits per heavy atom. The molecule has 0 aliphatic carbocycles. The second-order valence-electron chi connectivity index (χ2n) is 13.2. The van der Waals surface area contributed by atoms with Crippen LogP contribution in [0.5, 0.6) is 11.5 Å². The van der Waals surface area contributed by atoms with Crippen LogP contribution in [0.25, 0.3) is 83.5 Å². The maximum Gasteiger partial charge on any atom is 0.268 e. The van der Waals surface area contributed by atoms with Gasteiger partial charge in [-0.2, -0.15) is 18.2 Å². The molecule has 54 heavy (non-hydrogen) atoms. The minimum Gasteiger partial charge on any atom is -0.510 e. The van der Waals surface area contributed by atoms with Gasteiger partial charge in [0.15, 0.2) is 0 Å². The third-order valence-corrected chi connectivity index (χ3v) is 10.1. The molecular formula is C48H28N4OPt-2. The summed E-state index contributed by atoms with van der Waals surface area (Å²) >= 11 is 0. The number of hydrogen-bond acceptors (Lipinski definition) is 2. The Kier molecular flexibility index (Phi) is 7.64. The first-order valence-corrected chi connectivity index (χ1v) is 17.7. The zero-order chi connectivity index (χ0) is 34.9. The van der Waals surface area contributed by atoms with Gasteiger partial charge in [0.25, 0.3) is 6.33 Å². The number of hydrogen-bond donors (Lipinski definition) is 0. The zero-order valence-corrected chi connectivity index (χ0v) is 31.0. The van der Waals surface area contributed by atoms with E-state index in [4.69, 9.17) is 9.72 Å². The summed E-state index contributed by atoms with van der Waals surface area (Å²) in [4.78, 5) is 5.39. The van der Waals surface area contributed by atoms with E-state index in [2.05, 4.69) is 178 Å². The summed E-state index contributed by atoms with van der Waals surface area (Å²) in [6.45, 7) is 0. The van der Waals surface area contributed by atoms with Crippen molar-refractivity contribution in [2.75, 3.05) is 0 Å². The van der Waals surface area contributed by atoms with Crippen molar-refractivity contribution in [3.8, 4) is 62.2 Å². The second-order valence-corrected chi connectivity index (χ2v) is 13.2. The van der Waals surface area contributed by atoms with Crippen molar-refractivity contribution in [2.24, 2.45) is 0 Å². The van der Waals surface area contributed by atoms with Crippen LogP contribution in [-0.2, 0) is 21.1 Å². The number of benzene rings is 7. The molecule has 0 N–H and O–H groups in total. The Morgan fingerprint density at radius 2 is 1.22 bits per heavy atom. The molecule has 0 fully saturated rings. The minimum absolute atomic E-state index is 0. The molecule has 6 heteroatoms. The van der Waals surface area contributed by atoms with Crippen LogP contribution >= 0.6 is 0 Å². The minimum atomic E-state index is 0. The van der Waals surface area contributed by atoms with Crippen molar-refractivity contribution in [1.29, 1.82) is 0 Å².